The summed E-state index contributed by atoms with van der Waals surface area (Å²) >= 11 is 0. The third-order valence-corrected chi connectivity index (χ3v) is 1.48. The smallest absolute Gasteiger partial charge is 0.152 e. The number of hydrogen-bond donors (Lipinski definition) is 1. The lowest BCUT2D eigenvalue weighted by Gasteiger charge is -1.99. The van der Waals surface area contributed by atoms with Crippen molar-refractivity contribution in [1.29, 1.82) is 0 Å². The topological polar surface area (TPSA) is 43.1 Å². The number of hydrogen-bond acceptors (Lipinski definition) is 2. The van der Waals surface area contributed by atoms with Gasteiger partial charge in [-0.25, -0.2) is 0 Å². The maximum atomic E-state index is 10.3. The number of benzene rings is 1. The molecule has 12 heavy (non-hydrogen) atoms. The molecule has 0 aliphatic rings. The predicted octanol–water partition coefficient (Wildman–Crippen LogP) is 2.19. The van der Waals surface area contributed by atoms with E-state index in [-0.39, 0.29) is 0 Å². The van der Waals surface area contributed by atoms with Gasteiger partial charge in [0.25, 0.3) is 0 Å². The molecule has 0 aromatic heterocycles. The minimum atomic E-state index is 0.569. The molecule has 0 spiro atoms. The molecule has 64 valence electrons. The lowest BCUT2D eigenvalue weighted by Crippen LogP contribution is -1.94. The molecule has 0 fully saturated rings. The average molecular weight is 163 g/mol. The molecule has 2 heteroatoms. The quantitative estimate of drug-likeness (QED) is 0.392. The highest BCUT2D eigenvalue weighted by molar-refractivity contribution is 5.84. The van der Waals surface area contributed by atoms with Gasteiger partial charge in [0.15, 0.2) is 6.29 Å². The Morgan fingerprint density at radius 2 is 2.00 bits per heavy atom. The highest BCUT2D eigenvalue weighted by Gasteiger charge is 1.97. The summed E-state index contributed by atoms with van der Waals surface area (Å²) in [5.41, 5.74) is 7.66. The third-order valence-electron chi connectivity index (χ3n) is 1.48. The molecule has 0 radical (unpaired) electrons. The normalized spacial score (nSPS) is 8.08. The summed E-state index contributed by atoms with van der Waals surface area (Å²) in [7, 11) is 0. The maximum Gasteiger partial charge on any atom is 0.152 e. The fourth-order valence-electron chi connectivity index (χ4n) is 0.806. The van der Waals surface area contributed by atoms with Crippen LogP contribution in [0, 0.1) is 6.92 Å². The number of nitrogens with two attached hydrogens (primary N) is 1. The lowest BCUT2D eigenvalue weighted by molar-refractivity contribution is 0.112. The van der Waals surface area contributed by atoms with Crippen LogP contribution in [-0.4, -0.2) is 6.29 Å². The molecule has 1 aromatic carbocycles. The standard InChI is InChI=1S/C8H9NO.C2H4/c1-6-3-2-4-7(5-10)8(6)9;1-2/h2-5H,9H2,1H3;1-2H2. The molecule has 0 aliphatic carbocycles. The van der Waals surface area contributed by atoms with Gasteiger partial charge >= 0.3 is 0 Å². The van der Waals surface area contributed by atoms with Crippen molar-refractivity contribution in [3.63, 3.8) is 0 Å². The minimum Gasteiger partial charge on any atom is -0.398 e. The number of carbonyl (C=O) groups is 1. The fraction of sp³-hybridized carbons (Fsp3) is 0.100. The summed E-state index contributed by atoms with van der Waals surface area (Å²) in [5.74, 6) is 0. The van der Waals surface area contributed by atoms with E-state index in [4.69, 9.17) is 5.73 Å². The summed E-state index contributed by atoms with van der Waals surface area (Å²) in [4.78, 5) is 10.3. The molecule has 1 rings (SSSR count). The Morgan fingerprint density at radius 3 is 2.42 bits per heavy atom. The van der Waals surface area contributed by atoms with Gasteiger partial charge < -0.3 is 5.73 Å². The Morgan fingerprint density at radius 1 is 1.42 bits per heavy atom. The number of carbonyl (C=O) groups excluding carboxylic acids is 1. The number of rotatable bonds is 1. The third kappa shape index (κ3) is 2.23. The first kappa shape index (κ1) is 10.4. The van der Waals surface area contributed by atoms with E-state index in [1.54, 1.807) is 6.07 Å². The van der Waals surface area contributed by atoms with E-state index in [2.05, 4.69) is 13.2 Å². The molecule has 0 amide bonds. The Balaban J connectivity index is 0.000000561. The number of para-hydroxylation sites is 1. The van der Waals surface area contributed by atoms with Gasteiger partial charge in [-0.15, -0.1) is 13.2 Å². The maximum absolute atomic E-state index is 10.3. The first-order chi connectivity index (χ1) is 5.75. The fourth-order valence-corrected chi connectivity index (χ4v) is 0.806. The predicted molar refractivity (Wildman–Crippen MR) is 52.2 cm³/mol. The summed E-state index contributed by atoms with van der Waals surface area (Å²) in [6, 6.07) is 5.40. The lowest BCUT2D eigenvalue weighted by atomic mass is 10.1. The van der Waals surface area contributed by atoms with Gasteiger partial charge in [-0.3, -0.25) is 4.79 Å². The molecule has 1 aromatic rings. The van der Waals surface area contributed by atoms with E-state index in [0.717, 1.165) is 11.8 Å². The first-order valence-electron chi connectivity index (χ1n) is 3.56. The van der Waals surface area contributed by atoms with Gasteiger partial charge in [-0.1, -0.05) is 12.1 Å². The van der Waals surface area contributed by atoms with Crippen molar-refractivity contribution in [1.82, 2.24) is 0 Å². The van der Waals surface area contributed by atoms with E-state index >= 15 is 0 Å². The Hall–Kier alpha value is -1.57. The molecule has 0 saturated carbocycles. The molecule has 0 atom stereocenters. The van der Waals surface area contributed by atoms with Crippen LogP contribution in [0.4, 0.5) is 5.69 Å². The van der Waals surface area contributed by atoms with Crippen LogP contribution in [0.5, 0.6) is 0 Å². The van der Waals surface area contributed by atoms with Gasteiger partial charge in [-0.05, 0) is 18.6 Å². The monoisotopic (exact) mass is 163 g/mol. The van der Waals surface area contributed by atoms with Crippen LogP contribution in [0.25, 0.3) is 0 Å². The Kier molecular flexibility index (Phi) is 4.46. The number of anilines is 1. The van der Waals surface area contributed by atoms with E-state index in [1.165, 1.54) is 0 Å². The van der Waals surface area contributed by atoms with Crippen molar-refractivity contribution < 1.29 is 4.79 Å². The van der Waals surface area contributed by atoms with Crippen LogP contribution in [0.3, 0.4) is 0 Å². The largest absolute Gasteiger partial charge is 0.398 e. The minimum absolute atomic E-state index is 0.569. The number of aryl methyl sites for hydroxylation is 1. The zero-order valence-corrected chi connectivity index (χ0v) is 7.21. The summed E-state index contributed by atoms with van der Waals surface area (Å²) in [5, 5.41) is 0. The first-order valence-corrected chi connectivity index (χ1v) is 3.56. The van der Waals surface area contributed by atoms with Crippen molar-refractivity contribution in [2.45, 2.75) is 6.92 Å². The van der Waals surface area contributed by atoms with Gasteiger partial charge in [0.1, 0.15) is 0 Å². The van der Waals surface area contributed by atoms with E-state index in [0.29, 0.717) is 11.3 Å². The SMILES string of the molecule is C=C.Cc1cccc(C=O)c1N. The van der Waals surface area contributed by atoms with Crippen LogP contribution >= 0.6 is 0 Å². The molecule has 2 nitrogen and oxygen atoms in total. The van der Waals surface area contributed by atoms with E-state index in [1.807, 2.05) is 19.1 Å². The molecule has 0 heterocycles. The van der Waals surface area contributed by atoms with Crippen LogP contribution in [0.15, 0.2) is 31.4 Å². The highest BCUT2D eigenvalue weighted by Crippen LogP contribution is 2.13. The molecule has 2 N–H and O–H groups in total. The molecular weight excluding hydrogens is 150 g/mol. The van der Waals surface area contributed by atoms with Crippen molar-refractivity contribution in [2.75, 3.05) is 5.73 Å². The Bertz CT molecular complexity index is 269. The van der Waals surface area contributed by atoms with E-state index in [9.17, 15) is 4.79 Å². The van der Waals surface area contributed by atoms with Crippen LogP contribution in [0.2, 0.25) is 0 Å². The molecule has 0 unspecified atom stereocenters. The number of nitrogen functional groups attached to an aromatic ring is 1. The second-order valence-electron chi connectivity index (χ2n) is 2.20. The van der Waals surface area contributed by atoms with Gasteiger partial charge in [0, 0.05) is 11.3 Å². The molecule has 0 aliphatic heterocycles. The van der Waals surface area contributed by atoms with E-state index < -0.39 is 0 Å². The number of aldehydes is 1. The summed E-state index contributed by atoms with van der Waals surface area (Å²) < 4.78 is 0. The Labute approximate surface area is 72.7 Å². The zero-order valence-electron chi connectivity index (χ0n) is 7.21. The summed E-state index contributed by atoms with van der Waals surface area (Å²) in [6.07, 6.45) is 0.766. The molecule has 0 bridgehead atoms. The van der Waals surface area contributed by atoms with Crippen molar-refractivity contribution in [3.8, 4) is 0 Å². The second-order valence-corrected chi connectivity index (χ2v) is 2.20. The zero-order chi connectivity index (χ0) is 9.56. The molecular formula is C10H13NO. The second kappa shape index (κ2) is 5.13. The average Bonchev–Trinajstić information content (AvgIpc) is 2.13. The van der Waals surface area contributed by atoms with Crippen LogP contribution in [-0.2, 0) is 0 Å². The van der Waals surface area contributed by atoms with Crippen molar-refractivity contribution in [3.05, 3.63) is 42.5 Å². The summed E-state index contributed by atoms with van der Waals surface area (Å²) in [6.45, 7) is 7.88. The van der Waals surface area contributed by atoms with Gasteiger partial charge in [-0.2, -0.15) is 0 Å². The van der Waals surface area contributed by atoms with Crippen LogP contribution in [0.1, 0.15) is 15.9 Å². The van der Waals surface area contributed by atoms with Crippen molar-refractivity contribution in [2.24, 2.45) is 0 Å². The molecule has 0 saturated heterocycles. The van der Waals surface area contributed by atoms with Crippen molar-refractivity contribution >= 4 is 12.0 Å². The van der Waals surface area contributed by atoms with Gasteiger partial charge in [0.05, 0.1) is 0 Å². The highest BCUT2D eigenvalue weighted by atomic mass is 16.1. The van der Waals surface area contributed by atoms with Gasteiger partial charge in [0.2, 0.25) is 0 Å². The van der Waals surface area contributed by atoms with Crippen LogP contribution < -0.4 is 5.73 Å².